The molecule has 0 atom stereocenters. The summed E-state index contributed by atoms with van der Waals surface area (Å²) in [5, 5.41) is 0. The first-order valence-electron chi connectivity index (χ1n) is 15.0. The van der Waals surface area contributed by atoms with Gasteiger partial charge in [-0.05, 0) is 79.4 Å². The van der Waals surface area contributed by atoms with E-state index in [4.69, 9.17) is 13.9 Å². The SMILES string of the molecule is Cc1cc(CN2CCCCC2)oc1C(=O)N1CCOCCOc2ccc(-c3cccnc3)cc2Cc2cccc(c2)C1. The van der Waals surface area contributed by atoms with Gasteiger partial charge in [-0.15, -0.1) is 0 Å². The molecular weight excluding hydrogens is 526 g/mol. The van der Waals surface area contributed by atoms with E-state index in [1.807, 2.05) is 36.2 Å². The summed E-state index contributed by atoms with van der Waals surface area (Å²) < 4.78 is 18.3. The normalized spacial score (nSPS) is 16.7. The zero-order valence-electron chi connectivity index (χ0n) is 24.4. The second-order valence-corrected chi connectivity index (χ2v) is 11.3. The first kappa shape index (κ1) is 28.2. The third-order valence-electron chi connectivity index (χ3n) is 8.08. The molecule has 0 saturated carbocycles. The number of likely N-dealkylation sites (tertiary alicyclic amines) is 1. The highest BCUT2D eigenvalue weighted by Crippen LogP contribution is 2.29. The van der Waals surface area contributed by atoms with E-state index in [0.29, 0.717) is 45.1 Å². The molecule has 7 nitrogen and oxygen atoms in total. The number of carbonyl (C=O) groups is 1. The summed E-state index contributed by atoms with van der Waals surface area (Å²) >= 11 is 0. The van der Waals surface area contributed by atoms with Crippen molar-refractivity contribution in [3.63, 3.8) is 0 Å². The number of ether oxygens (including phenoxy) is 2. The van der Waals surface area contributed by atoms with Crippen LogP contribution in [0.25, 0.3) is 11.1 Å². The second kappa shape index (κ2) is 13.4. The number of fused-ring (bicyclic) bond motifs is 3. The maximum Gasteiger partial charge on any atom is 0.290 e. The van der Waals surface area contributed by atoms with Crippen LogP contribution >= 0.6 is 0 Å². The molecule has 0 N–H and O–H groups in total. The minimum absolute atomic E-state index is 0.0961. The number of benzene rings is 2. The van der Waals surface area contributed by atoms with Crippen LogP contribution in [0.3, 0.4) is 0 Å². The molecule has 2 aromatic heterocycles. The summed E-state index contributed by atoms with van der Waals surface area (Å²) in [6.45, 7) is 7.13. The van der Waals surface area contributed by atoms with E-state index >= 15 is 0 Å². The average Bonchev–Trinajstić information content (AvgIpc) is 3.38. The van der Waals surface area contributed by atoms with Crippen LogP contribution in [-0.2, 0) is 24.2 Å². The van der Waals surface area contributed by atoms with Crippen molar-refractivity contribution in [3.8, 4) is 16.9 Å². The highest BCUT2D eigenvalue weighted by Gasteiger charge is 2.24. The minimum atomic E-state index is -0.0961. The molecule has 42 heavy (non-hydrogen) atoms. The molecule has 2 bridgehead atoms. The molecule has 6 rings (SSSR count). The van der Waals surface area contributed by atoms with Crippen LogP contribution in [0.1, 0.15) is 57.8 Å². The fraction of sp³-hybridized carbons (Fsp3) is 0.371. The fourth-order valence-electron chi connectivity index (χ4n) is 5.91. The van der Waals surface area contributed by atoms with Crippen molar-refractivity contribution in [2.75, 3.05) is 39.5 Å². The Morgan fingerprint density at radius 3 is 2.62 bits per heavy atom. The molecular formula is C35H39N3O4. The van der Waals surface area contributed by atoms with E-state index in [0.717, 1.165) is 59.0 Å². The first-order valence-corrected chi connectivity index (χ1v) is 15.0. The van der Waals surface area contributed by atoms with Crippen LogP contribution in [0.4, 0.5) is 0 Å². The topological polar surface area (TPSA) is 68.0 Å². The van der Waals surface area contributed by atoms with Crippen molar-refractivity contribution in [2.45, 2.75) is 45.7 Å². The number of hydrogen-bond acceptors (Lipinski definition) is 6. The van der Waals surface area contributed by atoms with E-state index < -0.39 is 0 Å². The lowest BCUT2D eigenvalue weighted by atomic mass is 9.98. The minimum Gasteiger partial charge on any atom is -0.491 e. The van der Waals surface area contributed by atoms with Crippen LogP contribution in [0, 0.1) is 6.92 Å². The van der Waals surface area contributed by atoms with E-state index in [2.05, 4.69) is 52.3 Å². The third-order valence-corrected chi connectivity index (χ3v) is 8.08. The fourth-order valence-corrected chi connectivity index (χ4v) is 5.91. The number of nitrogens with zero attached hydrogens (tertiary/aromatic N) is 3. The number of rotatable bonds is 4. The molecule has 0 aliphatic carbocycles. The Morgan fingerprint density at radius 2 is 1.76 bits per heavy atom. The van der Waals surface area contributed by atoms with Gasteiger partial charge in [-0.3, -0.25) is 14.7 Å². The number of hydrogen-bond donors (Lipinski definition) is 0. The summed E-state index contributed by atoms with van der Waals surface area (Å²) in [4.78, 5) is 22.4. The van der Waals surface area contributed by atoms with Crippen LogP contribution in [-0.4, -0.2) is 60.1 Å². The van der Waals surface area contributed by atoms with Gasteiger partial charge in [0.25, 0.3) is 5.91 Å². The maximum atomic E-state index is 13.8. The largest absolute Gasteiger partial charge is 0.491 e. The number of piperidine rings is 1. The van der Waals surface area contributed by atoms with Crippen LogP contribution in [0.2, 0.25) is 0 Å². The molecule has 4 heterocycles. The summed E-state index contributed by atoms with van der Waals surface area (Å²) in [5.41, 5.74) is 6.39. The number of pyridine rings is 1. The van der Waals surface area contributed by atoms with Gasteiger partial charge in [-0.1, -0.05) is 42.8 Å². The highest BCUT2D eigenvalue weighted by atomic mass is 16.5. The Kier molecular flexibility index (Phi) is 8.97. The number of carbonyl (C=O) groups excluding carboxylic acids is 1. The molecule has 0 radical (unpaired) electrons. The molecule has 1 fully saturated rings. The predicted molar refractivity (Wildman–Crippen MR) is 163 cm³/mol. The maximum absolute atomic E-state index is 13.8. The van der Waals surface area contributed by atoms with Crippen molar-refractivity contribution in [2.24, 2.45) is 0 Å². The van der Waals surface area contributed by atoms with Crippen LogP contribution in [0.5, 0.6) is 5.75 Å². The van der Waals surface area contributed by atoms with Crippen LogP contribution in [0.15, 0.2) is 77.5 Å². The number of furan rings is 1. The molecule has 1 amide bonds. The second-order valence-electron chi connectivity index (χ2n) is 11.3. The molecule has 0 spiro atoms. The Balaban J connectivity index is 1.23. The van der Waals surface area contributed by atoms with Crippen molar-refractivity contribution in [1.29, 1.82) is 0 Å². The lowest BCUT2D eigenvalue weighted by molar-refractivity contribution is 0.0544. The van der Waals surface area contributed by atoms with Crippen molar-refractivity contribution >= 4 is 5.91 Å². The monoisotopic (exact) mass is 565 g/mol. The number of amides is 1. The molecule has 2 aliphatic heterocycles. The van der Waals surface area contributed by atoms with Crippen molar-refractivity contribution in [1.82, 2.24) is 14.8 Å². The molecule has 4 aromatic rings. The lowest BCUT2D eigenvalue weighted by Crippen LogP contribution is -2.34. The molecule has 7 heteroatoms. The standard InChI is InChI=1S/C35H39N3O4/c1-26-19-32(25-37-13-3-2-4-14-37)42-34(26)35(39)38-15-16-40-17-18-41-33-11-10-29(30-9-6-12-36-23-30)22-31(33)21-27-7-5-8-28(20-27)24-38/h5-12,19-20,22-23H,2-4,13-18,21,24-25H2,1H3. The van der Waals surface area contributed by atoms with Crippen molar-refractivity contribution < 1.29 is 18.7 Å². The van der Waals surface area contributed by atoms with Crippen molar-refractivity contribution in [3.05, 3.63) is 107 Å². The molecule has 0 unspecified atom stereocenters. The van der Waals surface area contributed by atoms with Gasteiger partial charge < -0.3 is 18.8 Å². The van der Waals surface area contributed by atoms with Gasteiger partial charge in [0, 0.05) is 43.0 Å². The third kappa shape index (κ3) is 6.92. The number of aryl methyl sites for hydroxylation is 1. The Morgan fingerprint density at radius 1 is 0.881 bits per heavy atom. The smallest absolute Gasteiger partial charge is 0.290 e. The van der Waals surface area contributed by atoms with E-state index in [9.17, 15) is 4.79 Å². The Labute approximate surface area is 248 Å². The quantitative estimate of drug-likeness (QED) is 0.290. The van der Waals surface area contributed by atoms with Gasteiger partial charge in [0.2, 0.25) is 0 Å². The van der Waals surface area contributed by atoms with Gasteiger partial charge >= 0.3 is 0 Å². The molecule has 218 valence electrons. The van der Waals surface area contributed by atoms with Gasteiger partial charge in [0.15, 0.2) is 5.76 Å². The van der Waals surface area contributed by atoms with Crippen LogP contribution < -0.4 is 4.74 Å². The average molecular weight is 566 g/mol. The molecule has 2 aliphatic rings. The Hall–Kier alpha value is -3.94. The Bertz CT molecular complexity index is 1490. The summed E-state index contributed by atoms with van der Waals surface area (Å²) in [5.74, 6) is 2.05. The lowest BCUT2D eigenvalue weighted by Gasteiger charge is -2.25. The van der Waals surface area contributed by atoms with E-state index in [-0.39, 0.29) is 5.91 Å². The molecule has 1 saturated heterocycles. The van der Waals surface area contributed by atoms with Gasteiger partial charge in [-0.25, -0.2) is 0 Å². The van der Waals surface area contributed by atoms with E-state index in [1.54, 1.807) is 6.20 Å². The predicted octanol–water partition coefficient (Wildman–Crippen LogP) is 6.28. The molecule has 2 aromatic carbocycles. The summed E-state index contributed by atoms with van der Waals surface area (Å²) in [6, 6.07) is 20.8. The van der Waals surface area contributed by atoms with Gasteiger partial charge in [-0.2, -0.15) is 0 Å². The van der Waals surface area contributed by atoms with E-state index in [1.165, 1.54) is 24.8 Å². The zero-order chi connectivity index (χ0) is 28.7. The van der Waals surface area contributed by atoms with Gasteiger partial charge in [0.05, 0.1) is 19.8 Å². The summed E-state index contributed by atoms with van der Waals surface area (Å²) in [7, 11) is 0. The van der Waals surface area contributed by atoms with Gasteiger partial charge in [0.1, 0.15) is 18.1 Å². The zero-order valence-corrected chi connectivity index (χ0v) is 24.4. The highest BCUT2D eigenvalue weighted by molar-refractivity contribution is 5.93. The number of aromatic nitrogens is 1. The first-order chi connectivity index (χ1) is 20.6. The summed E-state index contributed by atoms with van der Waals surface area (Å²) in [6.07, 6.45) is 8.11.